The van der Waals surface area contributed by atoms with Gasteiger partial charge in [0.15, 0.2) is 5.03 Å². The standard InChI is InChI=1S/C7H2ClF5N2O5S/c8-21(18,19)6-3(5(9)10)4(20-7(11,12)13)2(1-14-6)15(16)17/h1,5H. The molecule has 118 valence electrons. The molecule has 0 aliphatic carbocycles. The smallest absolute Gasteiger partial charge is 0.398 e. The van der Waals surface area contributed by atoms with E-state index in [-0.39, 0.29) is 6.20 Å². The van der Waals surface area contributed by atoms with Gasteiger partial charge in [-0.25, -0.2) is 22.2 Å². The average Bonchev–Trinajstić information content (AvgIpc) is 2.23. The number of nitrogens with zero attached hydrogens (tertiary/aromatic N) is 2. The van der Waals surface area contributed by atoms with Crippen LogP contribution in [-0.4, -0.2) is 24.7 Å². The Kier molecular flexibility index (Phi) is 4.57. The van der Waals surface area contributed by atoms with Crippen LogP contribution in [-0.2, 0) is 9.05 Å². The second-order valence-corrected chi connectivity index (χ2v) is 5.72. The van der Waals surface area contributed by atoms with Crippen molar-refractivity contribution in [2.45, 2.75) is 17.8 Å². The lowest BCUT2D eigenvalue weighted by Crippen LogP contribution is -2.20. The van der Waals surface area contributed by atoms with Crippen molar-refractivity contribution in [3.8, 4) is 5.75 Å². The summed E-state index contributed by atoms with van der Waals surface area (Å²) in [6.45, 7) is 0. The van der Waals surface area contributed by atoms with Crippen LogP contribution in [0.15, 0.2) is 11.2 Å². The lowest BCUT2D eigenvalue weighted by Gasteiger charge is -2.14. The molecule has 0 bridgehead atoms. The molecule has 0 aliphatic rings. The minimum absolute atomic E-state index is 0.0161. The lowest BCUT2D eigenvalue weighted by atomic mass is 10.2. The minimum atomic E-state index is -5.58. The Hall–Kier alpha value is -1.76. The van der Waals surface area contributed by atoms with Crippen molar-refractivity contribution in [2.24, 2.45) is 0 Å². The van der Waals surface area contributed by atoms with Crippen molar-refractivity contribution in [1.82, 2.24) is 4.98 Å². The van der Waals surface area contributed by atoms with E-state index in [4.69, 9.17) is 10.7 Å². The Bertz CT molecular complexity index is 677. The second kappa shape index (κ2) is 5.55. The van der Waals surface area contributed by atoms with E-state index >= 15 is 0 Å². The van der Waals surface area contributed by atoms with Crippen molar-refractivity contribution in [1.29, 1.82) is 0 Å². The summed E-state index contributed by atoms with van der Waals surface area (Å²) < 4.78 is 87.3. The van der Waals surface area contributed by atoms with Crippen LogP contribution in [0.3, 0.4) is 0 Å². The number of ether oxygens (including phenoxy) is 1. The fourth-order valence-corrected chi connectivity index (χ4v) is 2.21. The molecule has 0 radical (unpaired) electrons. The molecule has 0 N–H and O–H groups in total. The molecule has 0 aromatic carbocycles. The highest BCUT2D eigenvalue weighted by Gasteiger charge is 2.41. The molecule has 21 heavy (non-hydrogen) atoms. The third kappa shape index (κ3) is 4.10. The highest BCUT2D eigenvalue weighted by molar-refractivity contribution is 8.13. The maximum absolute atomic E-state index is 12.8. The molecule has 1 heterocycles. The number of aromatic nitrogens is 1. The monoisotopic (exact) mass is 356 g/mol. The summed E-state index contributed by atoms with van der Waals surface area (Å²) in [5, 5.41) is 8.87. The zero-order chi connectivity index (χ0) is 16.6. The summed E-state index contributed by atoms with van der Waals surface area (Å²) in [4.78, 5) is 11.8. The molecule has 7 nitrogen and oxygen atoms in total. The van der Waals surface area contributed by atoms with E-state index in [2.05, 4.69) is 9.72 Å². The van der Waals surface area contributed by atoms with Crippen LogP contribution in [0.4, 0.5) is 27.6 Å². The molecule has 0 unspecified atom stereocenters. The van der Waals surface area contributed by atoms with Gasteiger partial charge in [-0.05, 0) is 0 Å². The number of halogens is 6. The maximum atomic E-state index is 12.8. The van der Waals surface area contributed by atoms with Crippen molar-refractivity contribution in [2.75, 3.05) is 0 Å². The summed E-state index contributed by atoms with van der Waals surface area (Å²) in [6, 6.07) is 0. The molecule has 0 aliphatic heterocycles. The van der Waals surface area contributed by atoms with Gasteiger partial charge in [0.1, 0.15) is 11.8 Å². The molecule has 1 rings (SSSR count). The zero-order valence-electron chi connectivity index (χ0n) is 9.27. The van der Waals surface area contributed by atoms with Crippen molar-refractivity contribution >= 4 is 25.4 Å². The van der Waals surface area contributed by atoms with Gasteiger partial charge >= 0.3 is 12.0 Å². The van der Waals surface area contributed by atoms with Crippen molar-refractivity contribution in [3.05, 3.63) is 21.9 Å². The van der Waals surface area contributed by atoms with Gasteiger partial charge < -0.3 is 4.74 Å². The van der Waals surface area contributed by atoms with Gasteiger partial charge in [-0.2, -0.15) is 0 Å². The lowest BCUT2D eigenvalue weighted by molar-refractivity contribution is -0.389. The van der Waals surface area contributed by atoms with E-state index in [9.17, 15) is 40.5 Å². The molecule has 0 saturated heterocycles. The maximum Gasteiger partial charge on any atom is 0.573 e. The van der Waals surface area contributed by atoms with Crippen LogP contribution in [0.5, 0.6) is 5.75 Å². The predicted octanol–water partition coefficient (Wildman–Crippen LogP) is 2.75. The van der Waals surface area contributed by atoms with Crippen LogP contribution in [0, 0.1) is 10.1 Å². The van der Waals surface area contributed by atoms with Crippen molar-refractivity contribution < 1.29 is 40.0 Å². The van der Waals surface area contributed by atoms with Crippen molar-refractivity contribution in [3.63, 3.8) is 0 Å². The first kappa shape index (κ1) is 17.3. The number of nitro groups is 1. The van der Waals surface area contributed by atoms with Crippen LogP contribution >= 0.6 is 10.7 Å². The van der Waals surface area contributed by atoms with Crippen LogP contribution in [0.25, 0.3) is 0 Å². The van der Waals surface area contributed by atoms with Gasteiger partial charge in [-0.15, -0.1) is 13.2 Å². The summed E-state index contributed by atoms with van der Waals surface area (Å²) >= 11 is 0. The molecule has 0 atom stereocenters. The summed E-state index contributed by atoms with van der Waals surface area (Å²) in [5.41, 5.74) is -3.54. The van der Waals surface area contributed by atoms with Gasteiger partial charge in [0.2, 0.25) is 5.75 Å². The number of alkyl halides is 5. The normalized spacial score (nSPS) is 12.5. The molecule has 1 aromatic rings. The number of pyridine rings is 1. The first-order valence-electron chi connectivity index (χ1n) is 4.50. The molecular formula is C7H2ClF5N2O5S. The van der Waals surface area contributed by atoms with E-state index in [1.165, 1.54) is 0 Å². The van der Waals surface area contributed by atoms with E-state index < -0.39 is 48.8 Å². The Labute approximate surface area is 116 Å². The fraction of sp³-hybridized carbons (Fsp3) is 0.286. The topological polar surface area (TPSA) is 99.4 Å². The minimum Gasteiger partial charge on any atom is -0.398 e. The number of rotatable bonds is 4. The van der Waals surface area contributed by atoms with Gasteiger partial charge in [0, 0.05) is 10.7 Å². The largest absolute Gasteiger partial charge is 0.573 e. The van der Waals surface area contributed by atoms with E-state index in [0.717, 1.165) is 0 Å². The van der Waals surface area contributed by atoms with Gasteiger partial charge in [-0.3, -0.25) is 10.1 Å². The van der Waals surface area contributed by atoms with E-state index in [1.807, 2.05) is 0 Å². The van der Waals surface area contributed by atoms with E-state index in [0.29, 0.717) is 0 Å². The summed E-state index contributed by atoms with van der Waals surface area (Å²) in [5.74, 6) is -1.99. The first-order chi connectivity index (χ1) is 9.34. The SMILES string of the molecule is O=[N+]([O-])c1cnc(S(=O)(=O)Cl)c(C(F)F)c1OC(F)(F)F. The average molecular weight is 357 g/mol. The molecule has 0 spiro atoms. The number of hydrogen-bond donors (Lipinski definition) is 0. The predicted molar refractivity (Wildman–Crippen MR) is 55.6 cm³/mol. The van der Waals surface area contributed by atoms with E-state index in [1.54, 1.807) is 0 Å². The Morgan fingerprint density at radius 3 is 2.24 bits per heavy atom. The summed E-state index contributed by atoms with van der Waals surface area (Å²) in [7, 11) is -0.235. The molecule has 1 aromatic heterocycles. The Balaban J connectivity index is 3.79. The van der Waals surface area contributed by atoms with Crippen LogP contribution < -0.4 is 4.74 Å². The Morgan fingerprint density at radius 2 is 1.90 bits per heavy atom. The fourth-order valence-electron chi connectivity index (χ4n) is 1.22. The first-order valence-corrected chi connectivity index (χ1v) is 6.81. The quantitative estimate of drug-likeness (QED) is 0.356. The Morgan fingerprint density at radius 1 is 1.38 bits per heavy atom. The molecule has 14 heteroatoms. The van der Waals surface area contributed by atoms with Gasteiger partial charge in [-0.1, -0.05) is 0 Å². The third-order valence-electron chi connectivity index (χ3n) is 1.88. The van der Waals surface area contributed by atoms with Crippen LogP contribution in [0.2, 0.25) is 0 Å². The highest BCUT2D eigenvalue weighted by Crippen LogP contribution is 2.42. The molecule has 0 fully saturated rings. The van der Waals surface area contributed by atoms with Gasteiger partial charge in [0.25, 0.3) is 15.5 Å². The molecule has 0 saturated carbocycles. The van der Waals surface area contributed by atoms with Gasteiger partial charge in [0.05, 0.1) is 4.92 Å². The zero-order valence-corrected chi connectivity index (χ0v) is 10.8. The van der Waals surface area contributed by atoms with Crippen LogP contribution in [0.1, 0.15) is 12.0 Å². The summed E-state index contributed by atoms with van der Waals surface area (Å²) in [6.07, 6.45) is -9.44. The molecule has 0 amide bonds. The second-order valence-electron chi connectivity index (χ2n) is 3.23. The third-order valence-corrected chi connectivity index (χ3v) is 3.10. The molecular weight excluding hydrogens is 355 g/mol. The highest BCUT2D eigenvalue weighted by atomic mass is 35.7. The number of hydrogen-bond acceptors (Lipinski definition) is 6.